The Morgan fingerprint density at radius 3 is 2.54 bits per heavy atom. The van der Waals surface area contributed by atoms with Crippen LogP contribution in [-0.2, 0) is 16.6 Å². The maximum Gasteiger partial charge on any atom is 0.321 e. The first-order valence-corrected chi connectivity index (χ1v) is 10.1. The van der Waals surface area contributed by atoms with Crippen LogP contribution in [0.2, 0.25) is 0 Å². The topological polar surface area (TPSA) is 96.3 Å². The number of nitrogens with one attached hydrogen (secondary N) is 2. The van der Waals surface area contributed by atoms with Crippen molar-refractivity contribution in [3.63, 3.8) is 0 Å². The molecule has 2 N–H and O–H groups in total. The first-order valence-electron chi connectivity index (χ1n) is 8.66. The highest BCUT2D eigenvalue weighted by Crippen LogP contribution is 2.16. The van der Waals surface area contributed by atoms with E-state index < -0.39 is 10.0 Å². The zero-order valence-corrected chi connectivity index (χ0v) is 15.3. The predicted octanol–water partition coefficient (Wildman–Crippen LogP) is 1.88. The van der Waals surface area contributed by atoms with Gasteiger partial charge in [0, 0.05) is 44.3 Å². The van der Waals surface area contributed by atoms with Crippen molar-refractivity contribution in [3.8, 4) is 0 Å². The molecule has 0 aliphatic carbocycles. The van der Waals surface area contributed by atoms with Gasteiger partial charge >= 0.3 is 6.03 Å². The Morgan fingerprint density at radius 2 is 1.88 bits per heavy atom. The molecule has 1 fully saturated rings. The molecule has 0 saturated carbocycles. The van der Waals surface area contributed by atoms with Gasteiger partial charge in [-0.1, -0.05) is 0 Å². The monoisotopic (exact) mass is 377 g/mol. The molecule has 2 amide bonds. The van der Waals surface area contributed by atoms with E-state index in [1.165, 1.54) is 12.1 Å². The molecule has 1 aromatic heterocycles. The lowest BCUT2D eigenvalue weighted by Crippen LogP contribution is -2.32. The molecule has 0 bridgehead atoms. The molecule has 0 atom stereocenters. The number of likely N-dealkylation sites (tertiary alicyclic amines) is 1. The Kier molecular flexibility index (Phi) is 5.89. The van der Waals surface area contributed by atoms with Crippen LogP contribution in [0.5, 0.6) is 0 Å². The van der Waals surface area contributed by atoms with E-state index in [0.29, 0.717) is 25.2 Å². The average molecular weight is 377 g/mol. The summed E-state index contributed by atoms with van der Waals surface area (Å²) in [5.74, 6) is 0. The summed E-state index contributed by atoms with van der Waals surface area (Å²) in [6.07, 6.45) is 7.94. The first-order chi connectivity index (χ1) is 12.5. The molecule has 1 aromatic carbocycles. The van der Waals surface area contributed by atoms with Crippen molar-refractivity contribution >= 4 is 21.7 Å². The zero-order valence-electron chi connectivity index (χ0n) is 14.5. The van der Waals surface area contributed by atoms with Crippen LogP contribution in [0.25, 0.3) is 0 Å². The van der Waals surface area contributed by atoms with Gasteiger partial charge in [-0.25, -0.2) is 22.9 Å². The Balaban J connectivity index is 1.50. The minimum atomic E-state index is -3.56. The van der Waals surface area contributed by atoms with E-state index in [1.54, 1.807) is 29.6 Å². The fourth-order valence-corrected chi connectivity index (χ4v) is 3.88. The van der Waals surface area contributed by atoms with Crippen molar-refractivity contribution in [2.45, 2.75) is 30.7 Å². The Labute approximate surface area is 153 Å². The number of aryl methyl sites for hydroxylation is 1. The average Bonchev–Trinajstić information content (AvgIpc) is 3.33. The number of anilines is 1. The van der Waals surface area contributed by atoms with E-state index in [2.05, 4.69) is 15.0 Å². The third-order valence-electron chi connectivity index (χ3n) is 4.25. The maximum absolute atomic E-state index is 12.3. The first kappa shape index (κ1) is 18.4. The van der Waals surface area contributed by atoms with Crippen LogP contribution in [0, 0.1) is 0 Å². The van der Waals surface area contributed by atoms with Crippen molar-refractivity contribution in [1.82, 2.24) is 19.2 Å². The standard InChI is InChI=1S/C17H23N5O3S/c23-17(22-11-1-2-12-22)20-15-4-6-16(7-5-15)26(24,25)19-8-3-10-21-13-9-18-14-21/h4-7,9,13-14,19H,1-3,8,10-12H2,(H,20,23). The van der Waals surface area contributed by atoms with Crippen LogP contribution in [0.15, 0.2) is 47.9 Å². The summed E-state index contributed by atoms with van der Waals surface area (Å²) >= 11 is 0. The van der Waals surface area contributed by atoms with E-state index >= 15 is 0 Å². The van der Waals surface area contributed by atoms with Crippen LogP contribution >= 0.6 is 0 Å². The molecule has 0 radical (unpaired) electrons. The molecule has 3 rings (SSSR count). The fraction of sp³-hybridized carbons (Fsp3) is 0.412. The number of imidazole rings is 1. The number of sulfonamides is 1. The largest absolute Gasteiger partial charge is 0.337 e. The third-order valence-corrected chi connectivity index (χ3v) is 5.73. The Morgan fingerprint density at radius 1 is 1.15 bits per heavy atom. The van der Waals surface area contributed by atoms with Crippen molar-refractivity contribution in [3.05, 3.63) is 43.0 Å². The molecule has 1 aliphatic heterocycles. The van der Waals surface area contributed by atoms with Gasteiger partial charge in [0.25, 0.3) is 0 Å². The second-order valence-corrected chi connectivity index (χ2v) is 7.97. The molecule has 0 unspecified atom stereocenters. The summed E-state index contributed by atoms with van der Waals surface area (Å²) in [4.78, 5) is 17.9. The molecule has 8 nitrogen and oxygen atoms in total. The van der Waals surface area contributed by atoms with Crippen LogP contribution in [0.3, 0.4) is 0 Å². The number of carbonyl (C=O) groups is 1. The smallest absolute Gasteiger partial charge is 0.321 e. The highest BCUT2D eigenvalue weighted by atomic mass is 32.2. The summed E-state index contributed by atoms with van der Waals surface area (Å²) in [6, 6.07) is 6.06. The molecule has 2 heterocycles. The number of urea groups is 1. The number of amides is 2. The van der Waals surface area contributed by atoms with Crippen LogP contribution in [0.4, 0.5) is 10.5 Å². The van der Waals surface area contributed by atoms with Crippen LogP contribution < -0.4 is 10.0 Å². The minimum Gasteiger partial charge on any atom is -0.337 e. The SMILES string of the molecule is O=C(Nc1ccc(S(=O)(=O)NCCCn2ccnc2)cc1)N1CCCC1. The highest BCUT2D eigenvalue weighted by Gasteiger charge is 2.18. The van der Waals surface area contributed by atoms with Gasteiger partial charge in [-0.15, -0.1) is 0 Å². The van der Waals surface area contributed by atoms with E-state index in [9.17, 15) is 13.2 Å². The van der Waals surface area contributed by atoms with E-state index in [4.69, 9.17) is 0 Å². The second kappa shape index (κ2) is 8.33. The van der Waals surface area contributed by atoms with Gasteiger partial charge in [0.1, 0.15) is 0 Å². The van der Waals surface area contributed by atoms with Gasteiger partial charge in [-0.3, -0.25) is 0 Å². The molecule has 9 heteroatoms. The third kappa shape index (κ3) is 4.83. The summed E-state index contributed by atoms with van der Waals surface area (Å²) in [6.45, 7) is 2.57. The molecule has 2 aromatic rings. The Hall–Kier alpha value is -2.39. The Bertz CT molecular complexity index is 813. The predicted molar refractivity (Wildman–Crippen MR) is 98.3 cm³/mol. The van der Waals surface area contributed by atoms with Crippen molar-refractivity contribution in [2.24, 2.45) is 0 Å². The quantitative estimate of drug-likeness (QED) is 0.720. The fourth-order valence-electron chi connectivity index (χ4n) is 2.81. The van der Waals surface area contributed by atoms with E-state index in [0.717, 1.165) is 25.9 Å². The molecular formula is C17H23N5O3S. The van der Waals surface area contributed by atoms with Gasteiger partial charge in [0.05, 0.1) is 11.2 Å². The molecule has 140 valence electrons. The van der Waals surface area contributed by atoms with Gasteiger partial charge in [-0.2, -0.15) is 0 Å². The van der Waals surface area contributed by atoms with Gasteiger partial charge in [0.2, 0.25) is 10.0 Å². The number of carbonyl (C=O) groups excluding carboxylic acids is 1. The number of rotatable bonds is 7. The van der Waals surface area contributed by atoms with E-state index in [-0.39, 0.29) is 10.9 Å². The van der Waals surface area contributed by atoms with Crippen molar-refractivity contribution < 1.29 is 13.2 Å². The van der Waals surface area contributed by atoms with Gasteiger partial charge in [-0.05, 0) is 43.5 Å². The zero-order chi connectivity index (χ0) is 18.4. The molecule has 1 saturated heterocycles. The maximum atomic E-state index is 12.3. The summed E-state index contributed by atoms with van der Waals surface area (Å²) < 4.78 is 29.1. The van der Waals surface area contributed by atoms with Crippen LogP contribution in [-0.4, -0.2) is 48.5 Å². The summed E-state index contributed by atoms with van der Waals surface area (Å²) in [7, 11) is -3.56. The molecule has 0 spiro atoms. The lowest BCUT2D eigenvalue weighted by Gasteiger charge is -2.16. The number of nitrogens with zero attached hydrogens (tertiary/aromatic N) is 3. The number of aromatic nitrogens is 2. The number of hydrogen-bond donors (Lipinski definition) is 2. The minimum absolute atomic E-state index is 0.143. The van der Waals surface area contributed by atoms with E-state index in [1.807, 2.05) is 10.8 Å². The van der Waals surface area contributed by atoms with Gasteiger partial charge < -0.3 is 14.8 Å². The number of hydrogen-bond acceptors (Lipinski definition) is 4. The molecule has 26 heavy (non-hydrogen) atoms. The summed E-state index contributed by atoms with van der Waals surface area (Å²) in [5, 5.41) is 2.79. The number of benzene rings is 1. The van der Waals surface area contributed by atoms with Crippen LogP contribution in [0.1, 0.15) is 19.3 Å². The summed E-state index contributed by atoms with van der Waals surface area (Å²) in [5.41, 5.74) is 0.584. The molecule has 1 aliphatic rings. The van der Waals surface area contributed by atoms with Crippen molar-refractivity contribution in [2.75, 3.05) is 25.0 Å². The van der Waals surface area contributed by atoms with Crippen molar-refractivity contribution in [1.29, 1.82) is 0 Å². The lowest BCUT2D eigenvalue weighted by atomic mass is 10.3. The normalized spacial score (nSPS) is 14.5. The lowest BCUT2D eigenvalue weighted by molar-refractivity contribution is 0.222. The highest BCUT2D eigenvalue weighted by molar-refractivity contribution is 7.89. The van der Waals surface area contributed by atoms with Gasteiger partial charge in [0.15, 0.2) is 0 Å². The molecular weight excluding hydrogens is 354 g/mol. The second-order valence-electron chi connectivity index (χ2n) is 6.20.